The van der Waals surface area contributed by atoms with E-state index < -0.39 is 5.97 Å². The van der Waals surface area contributed by atoms with Gasteiger partial charge >= 0.3 is 5.97 Å². The Bertz CT molecular complexity index is 1340. The lowest BCUT2D eigenvalue weighted by atomic mass is 10.0. The van der Waals surface area contributed by atoms with Gasteiger partial charge in [0.15, 0.2) is 5.76 Å². The van der Waals surface area contributed by atoms with E-state index in [4.69, 9.17) is 4.42 Å². The Morgan fingerprint density at radius 1 is 0.879 bits per heavy atom. The second-order valence-electron chi connectivity index (χ2n) is 7.50. The van der Waals surface area contributed by atoms with E-state index in [0.29, 0.717) is 17.0 Å². The molecule has 3 aromatic carbocycles. The molecule has 0 fully saturated rings. The Hall–Kier alpha value is -3.64. The van der Waals surface area contributed by atoms with Gasteiger partial charge in [-0.15, -0.1) is 0 Å². The molecule has 0 radical (unpaired) electrons. The van der Waals surface area contributed by atoms with Crippen molar-refractivity contribution in [2.45, 2.75) is 37.0 Å². The third kappa shape index (κ3) is 5.07. The van der Waals surface area contributed by atoms with Crippen molar-refractivity contribution in [1.82, 2.24) is 0 Å². The van der Waals surface area contributed by atoms with Crippen molar-refractivity contribution in [2.75, 3.05) is 0 Å². The topological polar surface area (TPSA) is 68.9 Å². The predicted molar refractivity (Wildman–Crippen MR) is 130 cm³/mol. The Morgan fingerprint density at radius 3 is 2.09 bits per heavy atom. The van der Waals surface area contributed by atoms with Crippen molar-refractivity contribution in [2.24, 2.45) is 5.16 Å². The minimum absolute atomic E-state index is 0.105. The molecule has 0 spiro atoms. The number of carbonyl (C=O) groups is 2. The fourth-order valence-electron chi connectivity index (χ4n) is 3.52. The number of oxime groups is 1. The normalized spacial score (nSPS) is 11.5. The van der Waals surface area contributed by atoms with Gasteiger partial charge in [-0.2, -0.15) is 0 Å². The van der Waals surface area contributed by atoms with Crippen LogP contribution in [0.25, 0.3) is 11.0 Å². The first-order valence-corrected chi connectivity index (χ1v) is 11.4. The molecule has 0 saturated carbocycles. The van der Waals surface area contributed by atoms with E-state index in [0.717, 1.165) is 38.3 Å². The molecule has 6 heteroatoms. The highest BCUT2D eigenvalue weighted by Crippen LogP contribution is 2.31. The zero-order chi connectivity index (χ0) is 23.4. The molecule has 33 heavy (non-hydrogen) atoms. The maximum atomic E-state index is 13.1. The average molecular weight is 458 g/mol. The smallest absolute Gasteiger partial charge is 0.331 e. The average Bonchev–Trinajstić information content (AvgIpc) is 3.21. The van der Waals surface area contributed by atoms with Gasteiger partial charge < -0.3 is 9.25 Å². The number of rotatable bonds is 7. The van der Waals surface area contributed by atoms with Crippen molar-refractivity contribution in [3.8, 4) is 0 Å². The van der Waals surface area contributed by atoms with Gasteiger partial charge in [0.05, 0.1) is 5.71 Å². The molecule has 0 aliphatic rings. The van der Waals surface area contributed by atoms with E-state index in [1.165, 1.54) is 6.92 Å². The van der Waals surface area contributed by atoms with Crippen LogP contribution in [0.5, 0.6) is 0 Å². The zero-order valence-electron chi connectivity index (χ0n) is 18.6. The van der Waals surface area contributed by atoms with Gasteiger partial charge in [-0.1, -0.05) is 54.2 Å². The number of carbonyl (C=O) groups excluding carboxylic acids is 2. The Kier molecular flexibility index (Phi) is 6.75. The van der Waals surface area contributed by atoms with Crippen molar-refractivity contribution in [1.29, 1.82) is 0 Å². The van der Waals surface area contributed by atoms with Gasteiger partial charge in [-0.25, -0.2) is 4.79 Å². The molecule has 166 valence electrons. The van der Waals surface area contributed by atoms with Crippen LogP contribution in [0.3, 0.4) is 0 Å². The number of ketones is 1. The molecule has 0 N–H and O–H groups in total. The first-order chi connectivity index (χ1) is 16.0. The summed E-state index contributed by atoms with van der Waals surface area (Å²) >= 11 is 1.59. The maximum Gasteiger partial charge on any atom is 0.331 e. The van der Waals surface area contributed by atoms with E-state index in [9.17, 15) is 9.59 Å². The van der Waals surface area contributed by atoms with Crippen LogP contribution in [0.2, 0.25) is 0 Å². The minimum atomic E-state index is -0.449. The molecule has 4 aromatic rings. The van der Waals surface area contributed by atoms with Crippen molar-refractivity contribution >= 4 is 40.2 Å². The summed E-state index contributed by atoms with van der Waals surface area (Å²) in [5.41, 5.74) is 3.78. The SMILES string of the molecule is CCc1c(C(=O)c2ccc(Sc3ccc(/C(C)=N/OC(C)=O)cc3)cc2)oc2ccccc12. The number of fused-ring (bicyclic) bond motifs is 1. The fourth-order valence-corrected chi connectivity index (χ4v) is 4.34. The molecular weight excluding hydrogens is 434 g/mol. The molecule has 0 amide bonds. The zero-order valence-corrected chi connectivity index (χ0v) is 19.4. The number of aryl methyl sites for hydroxylation is 1. The number of nitrogens with zero attached hydrogens (tertiary/aromatic N) is 1. The molecule has 0 atom stereocenters. The van der Waals surface area contributed by atoms with Gasteiger partial charge in [0.25, 0.3) is 0 Å². The van der Waals surface area contributed by atoms with Gasteiger partial charge in [0.2, 0.25) is 5.78 Å². The summed E-state index contributed by atoms with van der Waals surface area (Å²) in [7, 11) is 0. The summed E-state index contributed by atoms with van der Waals surface area (Å²) in [6.45, 7) is 5.13. The number of furan rings is 1. The van der Waals surface area contributed by atoms with E-state index in [1.54, 1.807) is 18.7 Å². The largest absolute Gasteiger partial charge is 0.452 e. The fraction of sp³-hybridized carbons (Fsp3) is 0.148. The highest BCUT2D eigenvalue weighted by Gasteiger charge is 2.20. The van der Waals surface area contributed by atoms with Gasteiger partial charge in [0, 0.05) is 33.2 Å². The lowest BCUT2D eigenvalue weighted by molar-refractivity contribution is -0.140. The van der Waals surface area contributed by atoms with Gasteiger partial charge in [-0.3, -0.25) is 4.79 Å². The monoisotopic (exact) mass is 457 g/mol. The summed E-state index contributed by atoms with van der Waals surface area (Å²) in [5.74, 6) is -0.137. The summed E-state index contributed by atoms with van der Waals surface area (Å²) in [6, 6.07) is 23.1. The molecule has 0 saturated heterocycles. The summed E-state index contributed by atoms with van der Waals surface area (Å²) in [5, 5.41) is 4.80. The number of hydrogen-bond acceptors (Lipinski definition) is 6. The molecule has 5 nitrogen and oxygen atoms in total. The predicted octanol–water partition coefficient (Wildman–Crippen LogP) is 6.66. The number of para-hydroxylation sites is 1. The van der Waals surface area contributed by atoms with E-state index in [2.05, 4.69) is 9.99 Å². The quantitative estimate of drug-likeness (QED) is 0.134. The van der Waals surface area contributed by atoms with Crippen molar-refractivity contribution in [3.63, 3.8) is 0 Å². The standard InChI is InChI=1S/C27H23NO4S/c1-4-23-24-7-5-6-8-25(24)31-27(23)26(30)20-11-15-22(16-12-20)33-21-13-9-19(10-14-21)17(2)28-32-18(3)29/h5-16H,4H2,1-3H3/b28-17+. The van der Waals surface area contributed by atoms with Gasteiger partial charge in [-0.05, 0) is 61.4 Å². The lowest BCUT2D eigenvalue weighted by Crippen LogP contribution is -2.02. The molecule has 4 rings (SSSR count). The van der Waals surface area contributed by atoms with E-state index >= 15 is 0 Å². The van der Waals surface area contributed by atoms with Gasteiger partial charge in [0.1, 0.15) is 5.58 Å². The molecular formula is C27H23NO4S. The highest BCUT2D eigenvalue weighted by molar-refractivity contribution is 7.99. The summed E-state index contributed by atoms with van der Waals surface area (Å²) in [4.78, 5) is 30.8. The lowest BCUT2D eigenvalue weighted by Gasteiger charge is -2.05. The molecule has 0 aliphatic carbocycles. The Morgan fingerprint density at radius 2 is 1.48 bits per heavy atom. The van der Waals surface area contributed by atoms with Crippen LogP contribution in [-0.4, -0.2) is 17.5 Å². The molecule has 1 heterocycles. The first-order valence-electron chi connectivity index (χ1n) is 10.6. The second kappa shape index (κ2) is 9.88. The first kappa shape index (κ1) is 22.6. The number of benzene rings is 3. The van der Waals surface area contributed by atoms with Crippen LogP contribution in [-0.2, 0) is 16.1 Å². The second-order valence-corrected chi connectivity index (χ2v) is 8.65. The van der Waals surface area contributed by atoms with Crippen LogP contribution >= 0.6 is 11.8 Å². The Labute approximate surface area is 196 Å². The van der Waals surface area contributed by atoms with Crippen LogP contribution in [0.4, 0.5) is 0 Å². The van der Waals surface area contributed by atoms with E-state index in [1.807, 2.05) is 79.7 Å². The Balaban J connectivity index is 1.48. The molecule has 0 aliphatic heterocycles. The minimum Gasteiger partial charge on any atom is -0.452 e. The molecule has 0 bridgehead atoms. The van der Waals surface area contributed by atoms with Crippen LogP contribution in [0.1, 0.15) is 48.0 Å². The molecule has 0 unspecified atom stereocenters. The van der Waals surface area contributed by atoms with Crippen LogP contribution < -0.4 is 0 Å². The van der Waals surface area contributed by atoms with E-state index in [-0.39, 0.29) is 5.78 Å². The highest BCUT2D eigenvalue weighted by atomic mass is 32.2. The van der Waals surface area contributed by atoms with Crippen molar-refractivity contribution in [3.05, 3.63) is 95.2 Å². The number of hydrogen-bond donors (Lipinski definition) is 0. The summed E-state index contributed by atoms with van der Waals surface area (Å²) < 4.78 is 5.90. The third-order valence-electron chi connectivity index (χ3n) is 5.19. The van der Waals surface area contributed by atoms with Crippen LogP contribution in [0, 0.1) is 0 Å². The summed E-state index contributed by atoms with van der Waals surface area (Å²) in [6.07, 6.45) is 0.729. The third-order valence-corrected chi connectivity index (χ3v) is 6.21. The van der Waals surface area contributed by atoms with Crippen LogP contribution in [0.15, 0.2) is 92.2 Å². The molecule has 1 aromatic heterocycles. The maximum absolute atomic E-state index is 13.1. The van der Waals surface area contributed by atoms with Crippen molar-refractivity contribution < 1.29 is 18.8 Å².